The standard InChI is InChI=1S/C14H26O3/c1-4-10-14(16,13(15)17-5-2)12-9-7-6-8-11(12)3/h11-12,16H,4-10H2,1-3H3. The van der Waals surface area contributed by atoms with Crippen molar-refractivity contribution in [2.75, 3.05) is 6.61 Å². The summed E-state index contributed by atoms with van der Waals surface area (Å²) in [6, 6.07) is 0. The van der Waals surface area contributed by atoms with Crippen LogP contribution in [0.5, 0.6) is 0 Å². The van der Waals surface area contributed by atoms with Gasteiger partial charge in [-0.1, -0.05) is 39.5 Å². The fourth-order valence-electron chi connectivity index (χ4n) is 3.10. The first kappa shape index (κ1) is 14.5. The molecule has 0 aliphatic heterocycles. The summed E-state index contributed by atoms with van der Waals surface area (Å²) in [4.78, 5) is 12.0. The van der Waals surface area contributed by atoms with Crippen molar-refractivity contribution in [1.29, 1.82) is 0 Å². The number of carbonyl (C=O) groups is 1. The smallest absolute Gasteiger partial charge is 0.338 e. The number of hydrogen-bond acceptors (Lipinski definition) is 3. The molecule has 0 spiro atoms. The molecule has 1 fully saturated rings. The average molecular weight is 242 g/mol. The fraction of sp³-hybridized carbons (Fsp3) is 0.929. The van der Waals surface area contributed by atoms with Crippen molar-refractivity contribution in [3.8, 4) is 0 Å². The Hall–Kier alpha value is -0.570. The molecule has 0 amide bonds. The summed E-state index contributed by atoms with van der Waals surface area (Å²) >= 11 is 0. The van der Waals surface area contributed by atoms with Crippen LogP contribution in [0, 0.1) is 11.8 Å². The molecule has 0 aromatic carbocycles. The van der Waals surface area contributed by atoms with Gasteiger partial charge in [0, 0.05) is 5.92 Å². The van der Waals surface area contributed by atoms with Crippen LogP contribution in [-0.4, -0.2) is 23.3 Å². The lowest BCUT2D eigenvalue weighted by Gasteiger charge is -2.40. The molecule has 0 aromatic rings. The highest BCUT2D eigenvalue weighted by Crippen LogP contribution is 2.40. The summed E-state index contributed by atoms with van der Waals surface area (Å²) in [7, 11) is 0. The second kappa shape index (κ2) is 6.39. The molecular weight excluding hydrogens is 216 g/mol. The van der Waals surface area contributed by atoms with Crippen LogP contribution in [0.3, 0.4) is 0 Å². The molecular formula is C14H26O3. The Kier molecular flexibility index (Phi) is 5.44. The van der Waals surface area contributed by atoms with Crippen LogP contribution >= 0.6 is 0 Å². The van der Waals surface area contributed by atoms with Crippen molar-refractivity contribution in [1.82, 2.24) is 0 Å². The minimum atomic E-state index is -1.26. The Bertz CT molecular complexity index is 252. The van der Waals surface area contributed by atoms with Gasteiger partial charge < -0.3 is 9.84 Å². The Morgan fingerprint density at radius 1 is 1.35 bits per heavy atom. The Morgan fingerprint density at radius 3 is 2.53 bits per heavy atom. The third kappa shape index (κ3) is 3.21. The van der Waals surface area contributed by atoms with E-state index >= 15 is 0 Å². The average Bonchev–Trinajstić information content (AvgIpc) is 2.30. The van der Waals surface area contributed by atoms with Gasteiger partial charge in [0.15, 0.2) is 5.60 Å². The molecule has 17 heavy (non-hydrogen) atoms. The monoisotopic (exact) mass is 242 g/mol. The molecule has 1 aliphatic rings. The molecule has 0 bridgehead atoms. The highest BCUT2D eigenvalue weighted by Gasteiger charge is 2.47. The molecule has 1 N–H and O–H groups in total. The van der Waals surface area contributed by atoms with Crippen molar-refractivity contribution in [3.63, 3.8) is 0 Å². The lowest BCUT2D eigenvalue weighted by molar-refractivity contribution is -0.177. The van der Waals surface area contributed by atoms with Gasteiger partial charge in [0.05, 0.1) is 6.61 Å². The highest BCUT2D eigenvalue weighted by molar-refractivity contribution is 5.79. The molecule has 1 rings (SSSR count). The maximum Gasteiger partial charge on any atom is 0.338 e. The quantitative estimate of drug-likeness (QED) is 0.754. The van der Waals surface area contributed by atoms with Crippen molar-refractivity contribution in [3.05, 3.63) is 0 Å². The number of rotatable bonds is 5. The van der Waals surface area contributed by atoms with Crippen molar-refractivity contribution in [2.24, 2.45) is 11.8 Å². The molecule has 0 heterocycles. The normalized spacial score (nSPS) is 28.5. The molecule has 1 aliphatic carbocycles. The second-order valence-electron chi connectivity index (χ2n) is 5.26. The summed E-state index contributed by atoms with van der Waals surface area (Å²) in [5, 5.41) is 10.7. The Morgan fingerprint density at radius 2 is 2.00 bits per heavy atom. The second-order valence-corrected chi connectivity index (χ2v) is 5.26. The third-order valence-corrected chi connectivity index (χ3v) is 3.98. The van der Waals surface area contributed by atoms with Crippen molar-refractivity contribution < 1.29 is 14.6 Å². The molecule has 3 heteroatoms. The van der Waals surface area contributed by atoms with E-state index in [2.05, 4.69) is 6.92 Å². The van der Waals surface area contributed by atoms with Gasteiger partial charge in [-0.05, 0) is 25.7 Å². The van der Waals surface area contributed by atoms with Crippen molar-refractivity contribution >= 4 is 5.97 Å². The molecule has 0 saturated heterocycles. The van der Waals surface area contributed by atoms with Crippen LogP contribution in [0.1, 0.15) is 59.3 Å². The zero-order valence-electron chi connectivity index (χ0n) is 11.4. The first-order chi connectivity index (χ1) is 8.06. The number of ether oxygens (including phenoxy) is 1. The fourth-order valence-corrected chi connectivity index (χ4v) is 3.10. The molecule has 1 saturated carbocycles. The van der Waals surface area contributed by atoms with Crippen LogP contribution in [0.2, 0.25) is 0 Å². The minimum Gasteiger partial charge on any atom is -0.464 e. The predicted molar refractivity (Wildman–Crippen MR) is 67.6 cm³/mol. The maximum absolute atomic E-state index is 12.0. The van der Waals surface area contributed by atoms with E-state index in [1.165, 1.54) is 6.42 Å². The van der Waals surface area contributed by atoms with Gasteiger partial charge in [-0.25, -0.2) is 4.79 Å². The van der Waals surface area contributed by atoms with E-state index in [-0.39, 0.29) is 5.92 Å². The Balaban J connectivity index is 2.84. The van der Waals surface area contributed by atoms with E-state index in [4.69, 9.17) is 4.74 Å². The molecule has 0 aromatic heterocycles. The first-order valence-corrected chi connectivity index (χ1v) is 6.95. The van der Waals surface area contributed by atoms with E-state index in [1.807, 2.05) is 6.92 Å². The van der Waals surface area contributed by atoms with Gasteiger partial charge in [-0.3, -0.25) is 0 Å². The van der Waals surface area contributed by atoms with Gasteiger partial charge in [0.2, 0.25) is 0 Å². The van der Waals surface area contributed by atoms with Crippen LogP contribution < -0.4 is 0 Å². The van der Waals surface area contributed by atoms with E-state index < -0.39 is 11.6 Å². The number of carbonyl (C=O) groups excluding carboxylic acids is 1. The Labute approximate surface area is 105 Å². The van der Waals surface area contributed by atoms with Gasteiger partial charge >= 0.3 is 5.97 Å². The first-order valence-electron chi connectivity index (χ1n) is 6.95. The van der Waals surface area contributed by atoms with Gasteiger partial charge in [-0.2, -0.15) is 0 Å². The van der Waals surface area contributed by atoms with Crippen LogP contribution in [-0.2, 0) is 9.53 Å². The number of hydrogen-bond donors (Lipinski definition) is 1. The molecule has 3 nitrogen and oxygen atoms in total. The number of aliphatic hydroxyl groups is 1. The van der Waals surface area contributed by atoms with E-state index in [0.717, 1.165) is 25.7 Å². The minimum absolute atomic E-state index is 0.0650. The zero-order chi connectivity index (χ0) is 12.9. The predicted octanol–water partition coefficient (Wildman–Crippen LogP) is 2.91. The van der Waals surface area contributed by atoms with Crippen molar-refractivity contribution in [2.45, 2.75) is 64.9 Å². The van der Waals surface area contributed by atoms with Crippen LogP contribution in [0.25, 0.3) is 0 Å². The molecule has 3 unspecified atom stereocenters. The SMILES string of the molecule is CCCC(O)(C(=O)OCC)C1CCCCC1C. The third-order valence-electron chi connectivity index (χ3n) is 3.98. The lowest BCUT2D eigenvalue weighted by Crippen LogP contribution is -2.50. The summed E-state index contributed by atoms with van der Waals surface area (Å²) in [6.45, 7) is 6.27. The van der Waals surface area contributed by atoms with E-state index in [9.17, 15) is 9.90 Å². The van der Waals surface area contributed by atoms with Crippen LogP contribution in [0.4, 0.5) is 0 Å². The highest BCUT2D eigenvalue weighted by atomic mass is 16.5. The zero-order valence-corrected chi connectivity index (χ0v) is 11.4. The summed E-state index contributed by atoms with van der Waals surface area (Å²) in [6.07, 6.45) is 5.69. The lowest BCUT2D eigenvalue weighted by atomic mass is 9.69. The largest absolute Gasteiger partial charge is 0.464 e. The summed E-state index contributed by atoms with van der Waals surface area (Å²) in [5.74, 6) is 0.0561. The summed E-state index contributed by atoms with van der Waals surface area (Å²) in [5.41, 5.74) is -1.26. The topological polar surface area (TPSA) is 46.5 Å². The van der Waals surface area contributed by atoms with Crippen LogP contribution in [0.15, 0.2) is 0 Å². The van der Waals surface area contributed by atoms with E-state index in [1.54, 1.807) is 6.92 Å². The number of esters is 1. The van der Waals surface area contributed by atoms with Gasteiger partial charge in [-0.15, -0.1) is 0 Å². The van der Waals surface area contributed by atoms with E-state index in [0.29, 0.717) is 18.9 Å². The summed E-state index contributed by atoms with van der Waals surface area (Å²) < 4.78 is 5.07. The van der Waals surface area contributed by atoms with Gasteiger partial charge in [0.1, 0.15) is 0 Å². The molecule has 3 atom stereocenters. The maximum atomic E-state index is 12.0. The molecule has 100 valence electrons. The van der Waals surface area contributed by atoms with Gasteiger partial charge in [0.25, 0.3) is 0 Å². The molecule has 0 radical (unpaired) electrons.